The minimum Gasteiger partial charge on any atom is -0.481 e. The highest BCUT2D eigenvalue weighted by Gasteiger charge is 2.50. The average molecular weight is 342 g/mol. The lowest BCUT2D eigenvalue weighted by Crippen LogP contribution is -2.46. The molecule has 2 atom stereocenters. The maximum absolute atomic E-state index is 12.7. The molecule has 1 amide bonds. The third-order valence-electron chi connectivity index (χ3n) is 5.00. The maximum atomic E-state index is 12.7. The van der Waals surface area contributed by atoms with Crippen molar-refractivity contribution in [2.45, 2.75) is 38.1 Å². The first-order valence-corrected chi connectivity index (χ1v) is 8.49. The number of pyridine rings is 1. The number of carbonyl (C=O) groups is 1. The van der Waals surface area contributed by atoms with E-state index >= 15 is 0 Å². The molecule has 0 spiro atoms. The summed E-state index contributed by atoms with van der Waals surface area (Å²) in [6.07, 6.45) is 3.73. The monoisotopic (exact) mass is 342 g/mol. The van der Waals surface area contributed by atoms with E-state index in [0.717, 1.165) is 29.8 Å². The van der Waals surface area contributed by atoms with E-state index < -0.39 is 5.54 Å². The van der Waals surface area contributed by atoms with E-state index in [1.165, 1.54) is 0 Å². The predicted molar refractivity (Wildman–Crippen MR) is 91.1 cm³/mol. The predicted octanol–water partition coefficient (Wildman–Crippen LogP) is 1.44. The summed E-state index contributed by atoms with van der Waals surface area (Å²) in [5.74, 6) is 1.38. The van der Waals surface area contributed by atoms with Crippen LogP contribution in [0, 0.1) is 5.92 Å². The Hall–Kier alpha value is -2.41. The second kappa shape index (κ2) is 5.56. The van der Waals surface area contributed by atoms with E-state index in [1.807, 2.05) is 16.8 Å². The lowest BCUT2D eigenvalue weighted by Gasteiger charge is -2.23. The van der Waals surface area contributed by atoms with Crippen molar-refractivity contribution in [1.29, 1.82) is 0 Å². The number of methoxy groups -OCH3 is 1. The van der Waals surface area contributed by atoms with E-state index in [4.69, 9.17) is 4.74 Å². The Balaban J connectivity index is 1.76. The molecule has 0 radical (unpaired) electrons. The Kier molecular flexibility index (Phi) is 3.57. The third kappa shape index (κ3) is 2.68. The Morgan fingerprint density at radius 2 is 2.32 bits per heavy atom. The number of carbonyl (C=O) groups excluding carboxylic acids is 1. The van der Waals surface area contributed by atoms with Crippen LogP contribution >= 0.6 is 0 Å². The first kappa shape index (κ1) is 16.1. The molecular weight excluding hydrogens is 320 g/mol. The first-order chi connectivity index (χ1) is 11.9. The Labute approximate surface area is 146 Å². The summed E-state index contributed by atoms with van der Waals surface area (Å²) in [7, 11) is 1.58. The SMILES string of the molecule is COc1cc(-n2nc(C(=O)NC(C)(C)CO)c3c2[C@@H]2C[C@@H]2C3)ccn1. The van der Waals surface area contributed by atoms with E-state index in [-0.39, 0.29) is 12.5 Å². The minimum absolute atomic E-state index is 0.131. The standard InChI is InChI=1S/C18H22N4O3/c1-18(2,9-23)20-17(24)15-13-7-10-6-12(10)16(13)22(21-15)11-4-5-19-14(8-11)25-3/h4-5,8,10,12,23H,6-7,9H2,1-3H3,(H,20,24)/t10-,12-/m1/s1. The largest absolute Gasteiger partial charge is 0.481 e. The second-order valence-electron chi connectivity index (χ2n) is 7.48. The van der Waals surface area contributed by atoms with Gasteiger partial charge in [0.15, 0.2) is 5.69 Å². The normalized spacial score (nSPS) is 20.8. The van der Waals surface area contributed by atoms with Gasteiger partial charge in [-0.1, -0.05) is 0 Å². The van der Waals surface area contributed by atoms with Gasteiger partial charge in [0.05, 0.1) is 30.6 Å². The molecule has 2 heterocycles. The molecule has 0 aliphatic heterocycles. The van der Waals surface area contributed by atoms with Crippen molar-refractivity contribution < 1.29 is 14.6 Å². The Morgan fingerprint density at radius 1 is 1.52 bits per heavy atom. The highest BCUT2D eigenvalue weighted by molar-refractivity contribution is 5.95. The smallest absolute Gasteiger partial charge is 0.272 e. The van der Waals surface area contributed by atoms with Crippen LogP contribution in [0.25, 0.3) is 5.69 Å². The summed E-state index contributed by atoms with van der Waals surface area (Å²) in [4.78, 5) is 16.9. The van der Waals surface area contributed by atoms with Crippen molar-refractivity contribution in [1.82, 2.24) is 20.1 Å². The molecule has 2 aliphatic rings. The van der Waals surface area contributed by atoms with Crippen molar-refractivity contribution in [3.63, 3.8) is 0 Å². The average Bonchev–Trinajstić information content (AvgIpc) is 3.10. The fourth-order valence-electron chi connectivity index (χ4n) is 3.54. The topological polar surface area (TPSA) is 89.3 Å². The van der Waals surface area contributed by atoms with Crippen LogP contribution in [0.5, 0.6) is 5.88 Å². The summed E-state index contributed by atoms with van der Waals surface area (Å²) in [6, 6.07) is 3.69. The van der Waals surface area contributed by atoms with Gasteiger partial charge < -0.3 is 15.2 Å². The molecule has 0 saturated heterocycles. The van der Waals surface area contributed by atoms with Crippen LogP contribution < -0.4 is 10.1 Å². The fraction of sp³-hybridized carbons (Fsp3) is 0.500. The van der Waals surface area contributed by atoms with E-state index in [2.05, 4.69) is 15.4 Å². The number of aliphatic hydroxyl groups is 1. The van der Waals surface area contributed by atoms with Gasteiger partial charge in [-0.15, -0.1) is 0 Å². The molecule has 7 nitrogen and oxygen atoms in total. The van der Waals surface area contributed by atoms with Gasteiger partial charge in [-0.05, 0) is 38.7 Å². The summed E-state index contributed by atoms with van der Waals surface area (Å²) >= 11 is 0. The van der Waals surface area contributed by atoms with Crippen molar-refractivity contribution in [2.75, 3.05) is 13.7 Å². The van der Waals surface area contributed by atoms with Gasteiger partial charge in [0.1, 0.15) is 0 Å². The van der Waals surface area contributed by atoms with Gasteiger partial charge in [0, 0.05) is 23.7 Å². The van der Waals surface area contributed by atoms with Crippen molar-refractivity contribution in [3.8, 4) is 11.6 Å². The number of amides is 1. The number of rotatable bonds is 5. The lowest BCUT2D eigenvalue weighted by atomic mass is 10.1. The van der Waals surface area contributed by atoms with Crippen LogP contribution in [0.4, 0.5) is 0 Å². The van der Waals surface area contributed by atoms with E-state index in [0.29, 0.717) is 23.4 Å². The number of ether oxygens (including phenoxy) is 1. The molecule has 1 fully saturated rings. The first-order valence-electron chi connectivity index (χ1n) is 8.49. The van der Waals surface area contributed by atoms with Crippen molar-refractivity contribution in [2.24, 2.45) is 5.92 Å². The molecule has 132 valence electrons. The molecule has 2 aromatic rings. The molecule has 2 N–H and O–H groups in total. The highest BCUT2D eigenvalue weighted by Crippen LogP contribution is 2.57. The zero-order valence-electron chi connectivity index (χ0n) is 14.6. The summed E-state index contributed by atoms with van der Waals surface area (Å²) in [6.45, 7) is 3.44. The molecule has 0 unspecified atom stereocenters. The van der Waals surface area contributed by atoms with Crippen LogP contribution in [-0.2, 0) is 6.42 Å². The van der Waals surface area contributed by atoms with Gasteiger partial charge in [-0.25, -0.2) is 9.67 Å². The van der Waals surface area contributed by atoms with Crippen LogP contribution in [0.1, 0.15) is 47.9 Å². The molecule has 0 aromatic carbocycles. The Morgan fingerprint density at radius 3 is 3.04 bits per heavy atom. The van der Waals surface area contributed by atoms with Gasteiger partial charge in [0.25, 0.3) is 5.91 Å². The van der Waals surface area contributed by atoms with Crippen LogP contribution in [0.15, 0.2) is 18.3 Å². The number of hydrogen-bond donors (Lipinski definition) is 2. The van der Waals surface area contributed by atoms with Gasteiger partial charge >= 0.3 is 0 Å². The highest BCUT2D eigenvalue weighted by atomic mass is 16.5. The molecule has 2 aliphatic carbocycles. The molecule has 4 rings (SSSR count). The lowest BCUT2D eigenvalue weighted by molar-refractivity contribution is 0.0863. The van der Waals surface area contributed by atoms with Crippen LogP contribution in [0.2, 0.25) is 0 Å². The summed E-state index contributed by atoms with van der Waals surface area (Å²) in [5.41, 5.74) is 2.78. The second-order valence-corrected chi connectivity index (χ2v) is 7.48. The van der Waals surface area contributed by atoms with Gasteiger partial charge in [0.2, 0.25) is 5.88 Å². The molecule has 2 aromatic heterocycles. The third-order valence-corrected chi connectivity index (χ3v) is 5.00. The number of nitrogens with one attached hydrogen (secondary N) is 1. The van der Waals surface area contributed by atoms with Crippen molar-refractivity contribution in [3.05, 3.63) is 35.3 Å². The number of aromatic nitrogens is 3. The zero-order chi connectivity index (χ0) is 17.8. The maximum Gasteiger partial charge on any atom is 0.272 e. The fourth-order valence-corrected chi connectivity index (χ4v) is 3.54. The van der Waals surface area contributed by atoms with E-state index in [9.17, 15) is 9.90 Å². The number of nitrogens with zero attached hydrogens (tertiary/aromatic N) is 3. The van der Waals surface area contributed by atoms with Gasteiger partial charge in [-0.3, -0.25) is 4.79 Å². The summed E-state index contributed by atoms with van der Waals surface area (Å²) < 4.78 is 7.07. The molecule has 0 bridgehead atoms. The Bertz CT molecular complexity index is 843. The molecule has 1 saturated carbocycles. The number of fused-ring (bicyclic) bond motifs is 3. The molecular formula is C18H22N4O3. The quantitative estimate of drug-likeness (QED) is 0.858. The number of aliphatic hydroxyl groups excluding tert-OH is 1. The van der Waals surface area contributed by atoms with Crippen molar-refractivity contribution >= 4 is 5.91 Å². The molecule has 25 heavy (non-hydrogen) atoms. The van der Waals surface area contributed by atoms with Crippen LogP contribution in [0.3, 0.4) is 0 Å². The zero-order valence-corrected chi connectivity index (χ0v) is 14.6. The summed E-state index contributed by atoms with van der Waals surface area (Å²) in [5, 5.41) is 16.9. The minimum atomic E-state index is -0.685. The van der Waals surface area contributed by atoms with Crippen LogP contribution in [-0.4, -0.2) is 45.0 Å². The molecule has 7 heteroatoms. The number of hydrogen-bond acceptors (Lipinski definition) is 5. The van der Waals surface area contributed by atoms with E-state index in [1.54, 1.807) is 27.2 Å². The van der Waals surface area contributed by atoms with Gasteiger partial charge in [-0.2, -0.15) is 5.10 Å².